The molecular formula is C14H11BrCl2N2OS. The third-order valence-electron chi connectivity index (χ3n) is 2.99. The predicted octanol–water partition coefficient (Wildman–Crippen LogP) is 5.26. The smallest absolute Gasteiger partial charge is 0.224 e. The average molecular weight is 406 g/mol. The highest BCUT2D eigenvalue weighted by Crippen LogP contribution is 2.47. The fourth-order valence-corrected chi connectivity index (χ4v) is 4.31. The number of hydrogen-bond acceptors (Lipinski definition) is 4. The van der Waals surface area contributed by atoms with E-state index < -0.39 is 4.87 Å². The molecule has 7 heteroatoms. The van der Waals surface area contributed by atoms with Crippen LogP contribution in [0.5, 0.6) is 0 Å². The maximum Gasteiger partial charge on any atom is 0.224 e. The molecule has 0 fully saturated rings. The molecule has 1 unspecified atom stereocenters. The third kappa shape index (κ3) is 3.19. The molecule has 1 aromatic rings. The normalized spacial score (nSPS) is 20.8. The number of alkyl halides is 1. The van der Waals surface area contributed by atoms with Gasteiger partial charge in [-0.05, 0) is 35.4 Å². The van der Waals surface area contributed by atoms with Gasteiger partial charge < -0.3 is 4.74 Å². The van der Waals surface area contributed by atoms with Crippen LogP contribution < -0.4 is 0 Å². The molecule has 2 rings (SSSR count). The maximum atomic E-state index is 9.41. The molecule has 1 heterocycles. The number of nitriles is 1. The number of thiophene rings is 1. The van der Waals surface area contributed by atoms with Crippen LogP contribution in [0.2, 0.25) is 0 Å². The number of hydrogen-bond donors (Lipinski definition) is 1. The van der Waals surface area contributed by atoms with Crippen molar-refractivity contribution in [3.63, 3.8) is 0 Å². The van der Waals surface area contributed by atoms with E-state index >= 15 is 0 Å². The Hall–Kier alpha value is -0.800. The molecule has 0 aromatic carbocycles. The van der Waals surface area contributed by atoms with Crippen LogP contribution in [0.1, 0.15) is 29.3 Å². The van der Waals surface area contributed by atoms with Crippen molar-refractivity contribution in [3.8, 4) is 6.07 Å². The van der Waals surface area contributed by atoms with Crippen LogP contribution >= 0.6 is 50.5 Å². The first-order chi connectivity index (χ1) is 9.92. The van der Waals surface area contributed by atoms with Crippen molar-refractivity contribution in [1.29, 1.82) is 10.7 Å². The molecule has 0 bridgehead atoms. The molecule has 21 heavy (non-hydrogen) atoms. The SMILES string of the molecule is CCOC(=N)c1sc(Br)c(C#N)c1C1(Cl)C=CC(Cl)=CC1. The number of allylic oxidation sites excluding steroid dienone is 4. The maximum absolute atomic E-state index is 9.41. The molecule has 0 saturated carbocycles. The highest BCUT2D eigenvalue weighted by atomic mass is 79.9. The minimum Gasteiger partial charge on any atom is -0.477 e. The van der Waals surface area contributed by atoms with Crippen LogP contribution in [-0.4, -0.2) is 12.5 Å². The molecule has 1 N–H and O–H groups in total. The Morgan fingerprint density at radius 2 is 2.38 bits per heavy atom. The minimum atomic E-state index is -0.898. The molecule has 0 spiro atoms. The summed E-state index contributed by atoms with van der Waals surface area (Å²) < 4.78 is 5.92. The summed E-state index contributed by atoms with van der Waals surface area (Å²) in [6.07, 6.45) is 5.72. The molecule has 1 atom stereocenters. The summed E-state index contributed by atoms with van der Waals surface area (Å²) in [6, 6.07) is 2.15. The van der Waals surface area contributed by atoms with Gasteiger partial charge in [0, 0.05) is 10.6 Å². The van der Waals surface area contributed by atoms with E-state index in [0.717, 1.165) is 0 Å². The number of nitrogens with zero attached hydrogens (tertiary/aromatic N) is 1. The van der Waals surface area contributed by atoms with E-state index in [9.17, 15) is 5.26 Å². The summed E-state index contributed by atoms with van der Waals surface area (Å²) in [4.78, 5) is -0.337. The number of nitrogens with one attached hydrogen (secondary N) is 1. The van der Waals surface area contributed by atoms with Crippen LogP contribution in [-0.2, 0) is 9.61 Å². The quantitative estimate of drug-likeness (QED) is 0.423. The Balaban J connectivity index is 2.59. The van der Waals surface area contributed by atoms with Gasteiger partial charge in [-0.25, -0.2) is 0 Å². The zero-order valence-electron chi connectivity index (χ0n) is 11.0. The van der Waals surface area contributed by atoms with Crippen LogP contribution in [0.3, 0.4) is 0 Å². The standard InChI is InChI=1S/C14H11BrCl2N2OS/c1-2-20-13(19)11-10(9(7-18)12(15)21-11)14(17)5-3-8(16)4-6-14/h3-5,19H,2,6H2,1H3. The van der Waals surface area contributed by atoms with Gasteiger partial charge in [0.15, 0.2) is 0 Å². The summed E-state index contributed by atoms with van der Waals surface area (Å²) >= 11 is 17.3. The van der Waals surface area contributed by atoms with Crippen molar-refractivity contribution >= 4 is 56.4 Å². The Bertz CT molecular complexity index is 690. The van der Waals surface area contributed by atoms with E-state index in [1.165, 1.54) is 11.3 Å². The topological polar surface area (TPSA) is 56.9 Å². The highest BCUT2D eigenvalue weighted by Gasteiger charge is 2.37. The molecule has 1 aromatic heterocycles. The van der Waals surface area contributed by atoms with Gasteiger partial charge in [0.05, 0.1) is 25.7 Å². The summed E-state index contributed by atoms with van der Waals surface area (Å²) in [7, 11) is 0. The Kier molecular flexibility index (Phi) is 5.15. The molecule has 0 saturated heterocycles. The Labute approximate surface area is 145 Å². The fourth-order valence-electron chi connectivity index (χ4n) is 2.05. The fraction of sp³-hybridized carbons (Fsp3) is 0.286. The van der Waals surface area contributed by atoms with E-state index in [1.807, 2.05) is 6.92 Å². The van der Waals surface area contributed by atoms with Crippen molar-refractivity contribution in [2.75, 3.05) is 6.61 Å². The second-order valence-electron chi connectivity index (χ2n) is 4.32. The summed E-state index contributed by atoms with van der Waals surface area (Å²) in [5, 5.41) is 18.1. The first-order valence-electron chi connectivity index (χ1n) is 6.11. The van der Waals surface area contributed by atoms with E-state index in [2.05, 4.69) is 22.0 Å². The van der Waals surface area contributed by atoms with Gasteiger partial charge in [0.2, 0.25) is 5.90 Å². The van der Waals surface area contributed by atoms with Crippen molar-refractivity contribution in [1.82, 2.24) is 0 Å². The highest BCUT2D eigenvalue weighted by molar-refractivity contribution is 9.11. The van der Waals surface area contributed by atoms with Crippen molar-refractivity contribution in [2.24, 2.45) is 0 Å². The first-order valence-corrected chi connectivity index (χ1v) is 8.48. The average Bonchev–Trinajstić information content (AvgIpc) is 2.80. The molecule has 3 nitrogen and oxygen atoms in total. The summed E-state index contributed by atoms with van der Waals surface area (Å²) in [5.74, 6) is 0.0220. The molecule has 0 aliphatic heterocycles. The van der Waals surface area contributed by atoms with Gasteiger partial charge in [0.1, 0.15) is 6.07 Å². The number of halogens is 3. The lowest BCUT2D eigenvalue weighted by Crippen LogP contribution is -2.21. The molecule has 0 amide bonds. The lowest BCUT2D eigenvalue weighted by molar-refractivity contribution is 0.326. The zero-order valence-corrected chi connectivity index (χ0v) is 15.0. The van der Waals surface area contributed by atoms with Crippen molar-refractivity contribution < 1.29 is 4.74 Å². The van der Waals surface area contributed by atoms with Gasteiger partial charge in [-0.1, -0.05) is 23.8 Å². The molecular weight excluding hydrogens is 395 g/mol. The van der Waals surface area contributed by atoms with Crippen LogP contribution in [0, 0.1) is 16.7 Å². The zero-order chi connectivity index (χ0) is 15.6. The molecule has 110 valence electrons. The monoisotopic (exact) mass is 404 g/mol. The lowest BCUT2D eigenvalue weighted by Gasteiger charge is -2.26. The van der Waals surface area contributed by atoms with E-state index in [4.69, 9.17) is 33.3 Å². The largest absolute Gasteiger partial charge is 0.477 e. The Morgan fingerprint density at radius 1 is 1.67 bits per heavy atom. The summed E-state index contributed by atoms with van der Waals surface area (Å²) in [5.41, 5.74) is 1.03. The first kappa shape index (κ1) is 16.6. The van der Waals surface area contributed by atoms with Gasteiger partial charge in [-0.2, -0.15) is 5.26 Å². The van der Waals surface area contributed by atoms with Gasteiger partial charge >= 0.3 is 0 Å². The second kappa shape index (κ2) is 6.53. The molecule has 1 aliphatic rings. The van der Waals surface area contributed by atoms with E-state index in [0.29, 0.717) is 37.9 Å². The minimum absolute atomic E-state index is 0.0220. The third-order valence-corrected chi connectivity index (χ3v) is 5.60. The van der Waals surface area contributed by atoms with Gasteiger partial charge in [0.25, 0.3) is 0 Å². The lowest BCUT2D eigenvalue weighted by atomic mass is 9.89. The number of ether oxygens (including phenoxy) is 1. The van der Waals surface area contributed by atoms with Crippen LogP contribution in [0.4, 0.5) is 0 Å². The molecule has 0 radical (unpaired) electrons. The predicted molar refractivity (Wildman–Crippen MR) is 90.4 cm³/mol. The molecule has 1 aliphatic carbocycles. The number of rotatable bonds is 3. The van der Waals surface area contributed by atoms with Crippen LogP contribution in [0.25, 0.3) is 0 Å². The van der Waals surface area contributed by atoms with E-state index in [-0.39, 0.29) is 5.90 Å². The van der Waals surface area contributed by atoms with E-state index in [1.54, 1.807) is 18.2 Å². The van der Waals surface area contributed by atoms with Gasteiger partial charge in [-0.15, -0.1) is 22.9 Å². The Morgan fingerprint density at radius 3 is 2.90 bits per heavy atom. The summed E-state index contributed by atoms with van der Waals surface area (Å²) in [6.45, 7) is 2.19. The van der Waals surface area contributed by atoms with Crippen molar-refractivity contribution in [2.45, 2.75) is 18.2 Å². The van der Waals surface area contributed by atoms with Crippen molar-refractivity contribution in [3.05, 3.63) is 43.1 Å². The second-order valence-corrected chi connectivity index (χ2v) is 7.77. The van der Waals surface area contributed by atoms with Gasteiger partial charge in [-0.3, -0.25) is 5.41 Å². The van der Waals surface area contributed by atoms with Crippen LogP contribution in [0.15, 0.2) is 27.0 Å².